The summed E-state index contributed by atoms with van der Waals surface area (Å²) in [5, 5.41) is 22.0. The first-order valence-electron chi connectivity index (χ1n) is 14.4. The lowest BCUT2D eigenvalue weighted by Crippen LogP contribution is -2.56. The predicted molar refractivity (Wildman–Crippen MR) is 163 cm³/mol. The van der Waals surface area contributed by atoms with Crippen LogP contribution in [0.25, 0.3) is 0 Å². The van der Waals surface area contributed by atoms with Crippen molar-refractivity contribution in [3.63, 3.8) is 0 Å². The molecule has 246 valence electrons. The van der Waals surface area contributed by atoms with Crippen LogP contribution >= 0.6 is 0 Å². The van der Waals surface area contributed by atoms with Crippen LogP contribution in [-0.2, 0) is 30.5 Å². The number of ether oxygens (including phenoxy) is 1. The Morgan fingerprint density at radius 1 is 0.909 bits per heavy atom. The molecule has 0 aliphatic carbocycles. The lowest BCUT2D eigenvalue weighted by atomic mass is 10.0. The highest BCUT2D eigenvalue weighted by molar-refractivity contribution is 5.98. The average molecular weight is 622 g/mol. The summed E-state index contributed by atoms with van der Waals surface area (Å²) in [5.74, 6) is -2.95. The third-order valence-electron chi connectivity index (χ3n) is 6.50. The van der Waals surface area contributed by atoms with Gasteiger partial charge in [0, 0.05) is 12.2 Å². The molecule has 0 bridgehead atoms. The number of alkyl carbamates (subject to hydrolysis) is 1. The van der Waals surface area contributed by atoms with E-state index in [1.165, 1.54) is 13.8 Å². The van der Waals surface area contributed by atoms with Gasteiger partial charge in [-0.1, -0.05) is 39.8 Å². The molecule has 10 N–H and O–H groups in total. The lowest BCUT2D eigenvalue weighted by molar-refractivity contribution is -0.146. The molecule has 15 nitrogen and oxygen atoms in total. The minimum atomic E-state index is -1.52. The van der Waals surface area contributed by atoms with E-state index in [-0.39, 0.29) is 37.8 Å². The number of carbonyl (C=O) groups is 6. The summed E-state index contributed by atoms with van der Waals surface area (Å²) >= 11 is 0. The van der Waals surface area contributed by atoms with Crippen molar-refractivity contribution >= 4 is 41.5 Å². The molecule has 0 aromatic heterocycles. The Balaban J connectivity index is 2.80. The molecule has 0 heterocycles. The summed E-state index contributed by atoms with van der Waals surface area (Å²) in [7, 11) is 0. The van der Waals surface area contributed by atoms with Crippen molar-refractivity contribution in [1.82, 2.24) is 21.3 Å². The van der Waals surface area contributed by atoms with Gasteiger partial charge >= 0.3 is 18.1 Å². The first kappa shape index (κ1) is 37.6. The number of carboxylic acid groups (broad SMARTS) is 1. The first-order chi connectivity index (χ1) is 20.4. The third-order valence-corrected chi connectivity index (χ3v) is 6.50. The number of rotatable bonds is 17. The van der Waals surface area contributed by atoms with Crippen LogP contribution in [0.2, 0.25) is 0 Å². The van der Waals surface area contributed by atoms with Gasteiger partial charge in [-0.05, 0) is 62.6 Å². The fourth-order valence-electron chi connectivity index (χ4n) is 3.76. The van der Waals surface area contributed by atoms with Crippen molar-refractivity contribution in [2.45, 2.75) is 91.1 Å². The Kier molecular flexibility index (Phi) is 15.1. The molecule has 15 heteroatoms. The van der Waals surface area contributed by atoms with Crippen molar-refractivity contribution < 1.29 is 38.6 Å². The number of amides is 6. The Labute approximate surface area is 257 Å². The van der Waals surface area contributed by atoms with Crippen LogP contribution in [0, 0.1) is 11.8 Å². The number of benzene rings is 1. The maximum Gasteiger partial charge on any atom is 0.408 e. The second-order valence-electron chi connectivity index (χ2n) is 11.8. The largest absolute Gasteiger partial charge is 0.480 e. The number of hydrogen-bond donors (Lipinski definition) is 8. The molecule has 3 atom stereocenters. The van der Waals surface area contributed by atoms with Gasteiger partial charge in [-0.25, -0.2) is 14.4 Å². The Bertz CT molecular complexity index is 1150. The van der Waals surface area contributed by atoms with Crippen molar-refractivity contribution in [3.8, 4) is 0 Å². The van der Waals surface area contributed by atoms with Crippen molar-refractivity contribution in [2.75, 3.05) is 11.9 Å². The van der Waals surface area contributed by atoms with Crippen molar-refractivity contribution in [3.05, 3.63) is 29.8 Å². The molecule has 0 saturated heterocycles. The third kappa shape index (κ3) is 13.7. The van der Waals surface area contributed by atoms with Gasteiger partial charge in [0.05, 0.1) is 6.04 Å². The molecule has 1 rings (SSSR count). The monoisotopic (exact) mass is 621 g/mol. The summed E-state index contributed by atoms with van der Waals surface area (Å²) in [6, 6.07) is 2.98. The highest BCUT2D eigenvalue weighted by atomic mass is 16.5. The van der Waals surface area contributed by atoms with Gasteiger partial charge in [-0.15, -0.1) is 0 Å². The number of nitrogens with two attached hydrogens (primary N) is 2. The fourth-order valence-corrected chi connectivity index (χ4v) is 3.76. The van der Waals surface area contributed by atoms with Gasteiger partial charge in [-0.3, -0.25) is 14.4 Å². The van der Waals surface area contributed by atoms with E-state index in [2.05, 4.69) is 26.6 Å². The molecular formula is C29H47N7O8. The topological polar surface area (TPSA) is 244 Å². The normalized spacial score (nSPS) is 13.3. The number of carboxylic acids is 1. The van der Waals surface area contributed by atoms with Crippen LogP contribution in [0.1, 0.15) is 66.4 Å². The van der Waals surface area contributed by atoms with Crippen LogP contribution in [0.5, 0.6) is 0 Å². The molecule has 0 spiro atoms. The number of nitrogens with one attached hydrogen (secondary N) is 5. The highest BCUT2D eigenvalue weighted by Gasteiger charge is 2.33. The molecule has 0 aliphatic rings. The van der Waals surface area contributed by atoms with E-state index in [1.807, 2.05) is 13.8 Å². The molecule has 0 fully saturated rings. The van der Waals surface area contributed by atoms with Crippen LogP contribution in [-0.4, -0.2) is 71.1 Å². The van der Waals surface area contributed by atoms with Gasteiger partial charge in [-0.2, -0.15) is 0 Å². The summed E-state index contributed by atoms with van der Waals surface area (Å²) < 4.78 is 5.25. The molecule has 6 amide bonds. The van der Waals surface area contributed by atoms with E-state index >= 15 is 0 Å². The summed E-state index contributed by atoms with van der Waals surface area (Å²) in [5.41, 5.74) is 10.5. The second kappa shape index (κ2) is 17.7. The van der Waals surface area contributed by atoms with Gasteiger partial charge in [0.25, 0.3) is 0 Å². The molecule has 0 aliphatic heterocycles. The van der Waals surface area contributed by atoms with Gasteiger partial charge in [0.1, 0.15) is 24.2 Å². The smallest absolute Gasteiger partial charge is 0.408 e. The Morgan fingerprint density at radius 2 is 1.52 bits per heavy atom. The average Bonchev–Trinajstić information content (AvgIpc) is 2.92. The number of primary amides is 1. The SMILES string of the molecule is CC(C)C[C@H](NC(=O)OCc1ccc(NC(=O)[C@H](CCCNC(N)=O)NC(=O)[C@@H](N)C(C)C)cc1)C(=O)NC(C)(C)C(=O)O. The minimum Gasteiger partial charge on any atom is -0.480 e. The molecule has 0 radical (unpaired) electrons. The second-order valence-corrected chi connectivity index (χ2v) is 11.8. The maximum absolute atomic E-state index is 13.0. The van der Waals surface area contributed by atoms with E-state index in [1.54, 1.807) is 38.1 Å². The molecule has 1 aromatic rings. The summed E-state index contributed by atoms with van der Waals surface area (Å²) in [6.45, 7) is 10.0. The van der Waals surface area contributed by atoms with Crippen LogP contribution < -0.4 is 38.1 Å². The van der Waals surface area contributed by atoms with E-state index in [0.29, 0.717) is 17.7 Å². The number of carbonyl (C=O) groups excluding carboxylic acids is 5. The van der Waals surface area contributed by atoms with Crippen LogP contribution in [0.3, 0.4) is 0 Å². The van der Waals surface area contributed by atoms with Crippen LogP contribution in [0.4, 0.5) is 15.3 Å². The minimum absolute atomic E-state index is 0.0217. The number of aliphatic carboxylic acids is 1. The molecule has 44 heavy (non-hydrogen) atoms. The molecule has 0 unspecified atom stereocenters. The van der Waals surface area contributed by atoms with Crippen molar-refractivity contribution in [2.24, 2.45) is 23.3 Å². The molecular weight excluding hydrogens is 574 g/mol. The fraction of sp³-hybridized carbons (Fsp3) is 0.586. The molecule has 1 aromatic carbocycles. The van der Waals surface area contributed by atoms with E-state index < -0.39 is 59.5 Å². The number of urea groups is 1. The lowest BCUT2D eigenvalue weighted by Gasteiger charge is -2.26. The van der Waals surface area contributed by atoms with Gasteiger partial charge < -0.3 is 47.9 Å². The maximum atomic E-state index is 13.0. The van der Waals surface area contributed by atoms with Crippen LogP contribution in [0.15, 0.2) is 24.3 Å². The van der Waals surface area contributed by atoms with Crippen molar-refractivity contribution in [1.29, 1.82) is 0 Å². The van der Waals surface area contributed by atoms with E-state index in [0.717, 1.165) is 0 Å². The number of hydrogen-bond acceptors (Lipinski definition) is 8. The quantitative estimate of drug-likeness (QED) is 0.116. The summed E-state index contributed by atoms with van der Waals surface area (Å²) in [6.07, 6.45) is -0.0151. The summed E-state index contributed by atoms with van der Waals surface area (Å²) in [4.78, 5) is 73.0. The number of anilines is 1. The van der Waals surface area contributed by atoms with Gasteiger partial charge in [0.2, 0.25) is 17.7 Å². The Morgan fingerprint density at radius 3 is 2.05 bits per heavy atom. The molecule has 0 saturated carbocycles. The standard InChI is InChI=1S/C29H47N7O8/c1-16(2)14-21(24(38)36-29(5,6)26(40)41)35-28(43)44-15-18-9-11-19(12-10-18)33-23(37)20(8-7-13-32-27(31)42)34-25(39)22(30)17(3)4/h9-12,16-17,20-22H,7-8,13-15,30H2,1-6H3,(H,33,37)(H,34,39)(H,35,43)(H,36,38)(H,40,41)(H3,31,32,42)/t20-,21-,22-/m0/s1. The Hall–Kier alpha value is -4.40. The zero-order valence-corrected chi connectivity index (χ0v) is 26.2. The zero-order valence-electron chi connectivity index (χ0n) is 26.2. The highest BCUT2D eigenvalue weighted by Crippen LogP contribution is 2.13. The van der Waals surface area contributed by atoms with E-state index in [9.17, 15) is 33.9 Å². The van der Waals surface area contributed by atoms with E-state index in [4.69, 9.17) is 16.2 Å². The first-order valence-corrected chi connectivity index (χ1v) is 14.4. The zero-order chi connectivity index (χ0) is 33.6. The van der Waals surface area contributed by atoms with Gasteiger partial charge in [0.15, 0.2) is 0 Å². The predicted octanol–water partition coefficient (Wildman–Crippen LogP) is 1.16.